The Labute approximate surface area is 123 Å². The zero-order chi connectivity index (χ0) is 14.4. The van der Waals surface area contributed by atoms with Gasteiger partial charge in [-0.3, -0.25) is 9.69 Å². The third-order valence-corrected chi connectivity index (χ3v) is 4.78. The minimum atomic E-state index is 0.131. The Morgan fingerprint density at radius 1 is 1.15 bits per heavy atom. The zero-order valence-electron chi connectivity index (χ0n) is 13.0. The number of nitrogens with two attached hydrogens (primary N) is 1. The maximum absolute atomic E-state index is 12.1. The SMILES string of the molecule is CC(N)CCC(=O)N1CCN(CC2CCCCC2)CC1. The van der Waals surface area contributed by atoms with Crippen molar-refractivity contribution in [1.29, 1.82) is 0 Å². The summed E-state index contributed by atoms with van der Waals surface area (Å²) in [6.07, 6.45) is 8.50. The summed E-state index contributed by atoms with van der Waals surface area (Å²) >= 11 is 0. The standard InChI is InChI=1S/C16H31N3O/c1-14(17)7-8-16(20)19-11-9-18(10-12-19)13-15-5-3-2-4-6-15/h14-15H,2-13,17H2,1H3. The van der Waals surface area contributed by atoms with Gasteiger partial charge < -0.3 is 10.6 Å². The Hall–Kier alpha value is -0.610. The van der Waals surface area contributed by atoms with Crippen molar-refractivity contribution in [2.45, 2.75) is 57.9 Å². The molecule has 116 valence electrons. The van der Waals surface area contributed by atoms with E-state index in [2.05, 4.69) is 4.90 Å². The first-order chi connectivity index (χ1) is 9.65. The molecule has 0 bridgehead atoms. The van der Waals surface area contributed by atoms with Gasteiger partial charge in [-0.2, -0.15) is 0 Å². The van der Waals surface area contributed by atoms with Crippen LogP contribution in [0.2, 0.25) is 0 Å². The van der Waals surface area contributed by atoms with E-state index in [1.165, 1.54) is 38.6 Å². The number of carbonyl (C=O) groups is 1. The van der Waals surface area contributed by atoms with E-state index < -0.39 is 0 Å². The molecule has 0 aromatic carbocycles. The Morgan fingerprint density at radius 3 is 2.40 bits per heavy atom. The summed E-state index contributed by atoms with van der Waals surface area (Å²) < 4.78 is 0. The van der Waals surface area contributed by atoms with Gasteiger partial charge in [-0.1, -0.05) is 19.3 Å². The second kappa shape index (κ2) is 7.99. The molecule has 4 heteroatoms. The topological polar surface area (TPSA) is 49.6 Å². The Morgan fingerprint density at radius 2 is 1.80 bits per heavy atom. The van der Waals surface area contributed by atoms with Gasteiger partial charge in [0.05, 0.1) is 0 Å². The average Bonchev–Trinajstić information content (AvgIpc) is 2.46. The van der Waals surface area contributed by atoms with Gasteiger partial charge in [0, 0.05) is 45.2 Å². The number of rotatable bonds is 5. The molecule has 1 aliphatic heterocycles. The molecule has 1 amide bonds. The first kappa shape index (κ1) is 15.8. The van der Waals surface area contributed by atoms with Crippen LogP contribution >= 0.6 is 0 Å². The molecule has 0 radical (unpaired) electrons. The monoisotopic (exact) mass is 281 g/mol. The van der Waals surface area contributed by atoms with Crippen molar-refractivity contribution in [1.82, 2.24) is 9.80 Å². The van der Waals surface area contributed by atoms with E-state index in [0.29, 0.717) is 12.3 Å². The maximum atomic E-state index is 12.1. The molecule has 1 aliphatic carbocycles. The normalized spacial score (nSPS) is 23.8. The first-order valence-electron chi connectivity index (χ1n) is 8.41. The van der Waals surface area contributed by atoms with Crippen LogP contribution in [0, 0.1) is 5.92 Å². The molecule has 2 fully saturated rings. The maximum Gasteiger partial charge on any atom is 0.222 e. The quantitative estimate of drug-likeness (QED) is 0.836. The van der Waals surface area contributed by atoms with Gasteiger partial charge in [0.2, 0.25) is 5.91 Å². The van der Waals surface area contributed by atoms with E-state index in [9.17, 15) is 4.79 Å². The number of piperazine rings is 1. The van der Waals surface area contributed by atoms with Gasteiger partial charge in [0.25, 0.3) is 0 Å². The summed E-state index contributed by atoms with van der Waals surface area (Å²) in [5, 5.41) is 0. The van der Waals surface area contributed by atoms with Gasteiger partial charge in [0.1, 0.15) is 0 Å². The van der Waals surface area contributed by atoms with Crippen molar-refractivity contribution in [3.63, 3.8) is 0 Å². The van der Waals surface area contributed by atoms with Gasteiger partial charge in [-0.05, 0) is 32.1 Å². The molecule has 2 N–H and O–H groups in total. The summed E-state index contributed by atoms with van der Waals surface area (Å²) in [4.78, 5) is 16.6. The van der Waals surface area contributed by atoms with Crippen LogP contribution in [0.4, 0.5) is 0 Å². The Bertz CT molecular complexity index is 292. The van der Waals surface area contributed by atoms with Crippen LogP contribution in [0.3, 0.4) is 0 Å². The summed E-state index contributed by atoms with van der Waals surface area (Å²) in [7, 11) is 0. The lowest BCUT2D eigenvalue weighted by Gasteiger charge is -2.37. The molecule has 1 atom stereocenters. The Balaban J connectivity index is 1.65. The van der Waals surface area contributed by atoms with Crippen molar-refractivity contribution < 1.29 is 4.79 Å². The van der Waals surface area contributed by atoms with E-state index >= 15 is 0 Å². The largest absolute Gasteiger partial charge is 0.340 e. The van der Waals surface area contributed by atoms with E-state index in [4.69, 9.17) is 5.73 Å². The van der Waals surface area contributed by atoms with E-state index in [1.54, 1.807) is 0 Å². The lowest BCUT2D eigenvalue weighted by atomic mass is 9.89. The molecule has 0 aromatic heterocycles. The number of hydrogen-bond donors (Lipinski definition) is 1. The molecule has 1 heterocycles. The first-order valence-corrected chi connectivity index (χ1v) is 8.41. The third kappa shape index (κ3) is 5.06. The fourth-order valence-corrected chi connectivity index (χ4v) is 3.42. The highest BCUT2D eigenvalue weighted by Crippen LogP contribution is 2.24. The summed E-state index contributed by atoms with van der Waals surface area (Å²) in [5.41, 5.74) is 5.72. The van der Waals surface area contributed by atoms with E-state index in [0.717, 1.165) is 38.5 Å². The minimum absolute atomic E-state index is 0.131. The summed E-state index contributed by atoms with van der Waals surface area (Å²) in [6.45, 7) is 7.15. The van der Waals surface area contributed by atoms with Gasteiger partial charge in [-0.15, -0.1) is 0 Å². The molecule has 2 rings (SSSR count). The van der Waals surface area contributed by atoms with Gasteiger partial charge in [0.15, 0.2) is 0 Å². The summed E-state index contributed by atoms with van der Waals surface area (Å²) in [6, 6.07) is 0.131. The molecule has 1 saturated heterocycles. The second-order valence-electron chi connectivity index (χ2n) is 6.70. The number of nitrogens with zero attached hydrogens (tertiary/aromatic N) is 2. The molecule has 20 heavy (non-hydrogen) atoms. The third-order valence-electron chi connectivity index (χ3n) is 4.78. The smallest absolute Gasteiger partial charge is 0.222 e. The number of hydrogen-bond acceptors (Lipinski definition) is 3. The van der Waals surface area contributed by atoms with Crippen LogP contribution in [-0.4, -0.2) is 54.5 Å². The Kier molecular flexibility index (Phi) is 6.30. The van der Waals surface area contributed by atoms with Crippen LogP contribution in [0.5, 0.6) is 0 Å². The van der Waals surface area contributed by atoms with Crippen LogP contribution in [0.1, 0.15) is 51.9 Å². The van der Waals surface area contributed by atoms with Crippen molar-refractivity contribution in [3.05, 3.63) is 0 Å². The highest BCUT2D eigenvalue weighted by atomic mass is 16.2. The molecule has 0 aromatic rings. The van der Waals surface area contributed by atoms with Crippen LogP contribution in [-0.2, 0) is 4.79 Å². The highest BCUT2D eigenvalue weighted by Gasteiger charge is 2.23. The fourth-order valence-electron chi connectivity index (χ4n) is 3.42. The molecule has 4 nitrogen and oxygen atoms in total. The van der Waals surface area contributed by atoms with Crippen molar-refractivity contribution in [2.75, 3.05) is 32.7 Å². The predicted molar refractivity (Wildman–Crippen MR) is 82.5 cm³/mol. The highest BCUT2D eigenvalue weighted by molar-refractivity contribution is 5.76. The average molecular weight is 281 g/mol. The molecule has 1 unspecified atom stereocenters. The fraction of sp³-hybridized carbons (Fsp3) is 0.938. The second-order valence-corrected chi connectivity index (χ2v) is 6.70. The zero-order valence-corrected chi connectivity index (χ0v) is 13.0. The number of carbonyl (C=O) groups excluding carboxylic acids is 1. The van der Waals surface area contributed by atoms with Crippen molar-refractivity contribution in [2.24, 2.45) is 11.7 Å². The summed E-state index contributed by atoms with van der Waals surface area (Å²) in [5.74, 6) is 1.20. The van der Waals surface area contributed by atoms with Crippen molar-refractivity contribution >= 4 is 5.91 Å². The number of amides is 1. The lowest BCUT2D eigenvalue weighted by molar-refractivity contribution is -0.133. The van der Waals surface area contributed by atoms with E-state index in [1.807, 2.05) is 11.8 Å². The van der Waals surface area contributed by atoms with Crippen LogP contribution < -0.4 is 5.73 Å². The molecular formula is C16H31N3O. The molecule has 0 spiro atoms. The van der Waals surface area contributed by atoms with Crippen LogP contribution in [0.15, 0.2) is 0 Å². The minimum Gasteiger partial charge on any atom is -0.340 e. The van der Waals surface area contributed by atoms with E-state index in [-0.39, 0.29) is 6.04 Å². The van der Waals surface area contributed by atoms with Crippen molar-refractivity contribution in [3.8, 4) is 0 Å². The lowest BCUT2D eigenvalue weighted by Crippen LogP contribution is -2.50. The molecular weight excluding hydrogens is 250 g/mol. The predicted octanol–water partition coefficient (Wildman–Crippen LogP) is 1.84. The molecule has 2 aliphatic rings. The molecule has 1 saturated carbocycles. The van der Waals surface area contributed by atoms with Gasteiger partial charge in [-0.25, -0.2) is 0 Å². The van der Waals surface area contributed by atoms with Crippen LogP contribution in [0.25, 0.3) is 0 Å². The van der Waals surface area contributed by atoms with Gasteiger partial charge >= 0.3 is 0 Å².